The monoisotopic (exact) mass is 292 g/mol. The fourth-order valence-electron chi connectivity index (χ4n) is 2.21. The summed E-state index contributed by atoms with van der Waals surface area (Å²) in [5, 5.41) is 8.40. The van der Waals surface area contributed by atoms with Gasteiger partial charge in [-0.05, 0) is 30.7 Å². The van der Waals surface area contributed by atoms with Gasteiger partial charge in [0.05, 0.1) is 0 Å². The van der Waals surface area contributed by atoms with Gasteiger partial charge >= 0.3 is 0 Å². The molecule has 0 aliphatic carbocycles. The van der Waals surface area contributed by atoms with Crippen LogP contribution in [0, 0.1) is 5.92 Å². The average molecular weight is 293 g/mol. The molecule has 0 bridgehead atoms. The van der Waals surface area contributed by atoms with E-state index in [0.29, 0.717) is 5.92 Å². The normalized spacial score (nSPS) is 12.8. The summed E-state index contributed by atoms with van der Waals surface area (Å²) in [5.41, 5.74) is 1.20. The molecule has 0 spiro atoms. The molecule has 20 heavy (non-hydrogen) atoms. The third-order valence-electron chi connectivity index (χ3n) is 3.24. The fourth-order valence-corrected chi connectivity index (χ4v) is 2.33. The number of rotatable bonds is 6. The second kappa shape index (κ2) is 6.86. The average Bonchev–Trinajstić information content (AvgIpc) is 2.83. The van der Waals surface area contributed by atoms with Gasteiger partial charge in [0.2, 0.25) is 0 Å². The van der Waals surface area contributed by atoms with E-state index in [1.54, 1.807) is 6.33 Å². The van der Waals surface area contributed by atoms with Crippen LogP contribution in [0.1, 0.15) is 31.3 Å². The highest BCUT2D eigenvalue weighted by Gasteiger charge is 2.14. The second-order valence-corrected chi connectivity index (χ2v) is 5.79. The van der Waals surface area contributed by atoms with Crippen molar-refractivity contribution in [1.82, 2.24) is 20.1 Å². The fraction of sp³-hybridized carbons (Fsp3) is 0.467. The summed E-state index contributed by atoms with van der Waals surface area (Å²) in [6.45, 7) is 5.26. The molecule has 0 radical (unpaired) electrons. The number of aromatic nitrogens is 3. The molecule has 0 aliphatic heterocycles. The predicted octanol–water partition coefficient (Wildman–Crippen LogP) is 3.09. The Kier molecular flexibility index (Phi) is 5.15. The van der Waals surface area contributed by atoms with Gasteiger partial charge in [-0.3, -0.25) is 0 Å². The molecule has 2 aromatic rings. The molecule has 1 N–H and O–H groups in total. The Morgan fingerprint density at radius 2 is 1.95 bits per heavy atom. The van der Waals surface area contributed by atoms with Crippen LogP contribution in [-0.4, -0.2) is 21.8 Å². The quantitative estimate of drug-likeness (QED) is 0.890. The Morgan fingerprint density at radius 1 is 1.25 bits per heavy atom. The van der Waals surface area contributed by atoms with E-state index in [0.717, 1.165) is 23.8 Å². The molecule has 4 nitrogen and oxygen atoms in total. The summed E-state index contributed by atoms with van der Waals surface area (Å²) < 4.78 is 1.99. The summed E-state index contributed by atoms with van der Waals surface area (Å²) in [7, 11) is 1.96. The smallest absolute Gasteiger partial charge is 0.138 e. The highest BCUT2D eigenvalue weighted by Crippen LogP contribution is 2.19. The molecule has 1 atom stereocenters. The summed E-state index contributed by atoms with van der Waals surface area (Å²) in [6.07, 6.45) is 2.44. The maximum absolute atomic E-state index is 5.94. The van der Waals surface area contributed by atoms with Crippen molar-refractivity contribution in [1.29, 1.82) is 0 Å². The van der Waals surface area contributed by atoms with Gasteiger partial charge in [-0.15, -0.1) is 0 Å². The lowest BCUT2D eigenvalue weighted by atomic mass is 10.0. The molecular weight excluding hydrogens is 272 g/mol. The first kappa shape index (κ1) is 15.0. The molecule has 1 heterocycles. The Labute approximate surface area is 125 Å². The molecule has 0 amide bonds. The van der Waals surface area contributed by atoms with E-state index < -0.39 is 0 Å². The van der Waals surface area contributed by atoms with Gasteiger partial charge in [0, 0.05) is 24.0 Å². The molecule has 2 rings (SSSR count). The van der Waals surface area contributed by atoms with E-state index in [1.165, 1.54) is 5.56 Å². The number of halogens is 1. The highest BCUT2D eigenvalue weighted by atomic mass is 35.5. The van der Waals surface area contributed by atoms with Crippen LogP contribution in [0.2, 0.25) is 5.02 Å². The van der Waals surface area contributed by atoms with Crippen molar-refractivity contribution < 1.29 is 0 Å². The molecule has 0 saturated heterocycles. The molecule has 108 valence electrons. The van der Waals surface area contributed by atoms with Gasteiger partial charge < -0.3 is 5.32 Å². The Balaban J connectivity index is 2.14. The first-order valence-electron chi connectivity index (χ1n) is 6.89. The molecular formula is C15H21ClN4. The van der Waals surface area contributed by atoms with Crippen molar-refractivity contribution >= 4 is 11.6 Å². The standard InChI is InChI=1S/C15H21ClN4/c1-11(2)9-20-15(18-10-19-20)8-14(17-3)12-4-6-13(16)7-5-12/h4-7,10-11,14,17H,8-9H2,1-3H3. The summed E-state index contributed by atoms with van der Waals surface area (Å²) in [6, 6.07) is 8.14. The van der Waals surface area contributed by atoms with Crippen LogP contribution in [0.5, 0.6) is 0 Å². The number of nitrogens with one attached hydrogen (secondary N) is 1. The van der Waals surface area contributed by atoms with Crippen LogP contribution in [0.4, 0.5) is 0 Å². The molecule has 5 heteroatoms. The van der Waals surface area contributed by atoms with Crippen molar-refractivity contribution in [2.24, 2.45) is 5.92 Å². The third kappa shape index (κ3) is 3.81. The topological polar surface area (TPSA) is 42.7 Å². The van der Waals surface area contributed by atoms with E-state index in [4.69, 9.17) is 11.6 Å². The summed E-state index contributed by atoms with van der Waals surface area (Å²) >= 11 is 5.94. The Morgan fingerprint density at radius 3 is 2.55 bits per heavy atom. The minimum atomic E-state index is 0.211. The third-order valence-corrected chi connectivity index (χ3v) is 3.49. The molecule has 1 unspecified atom stereocenters. The zero-order chi connectivity index (χ0) is 14.5. The van der Waals surface area contributed by atoms with E-state index >= 15 is 0 Å². The number of nitrogens with zero attached hydrogens (tertiary/aromatic N) is 3. The van der Waals surface area contributed by atoms with Crippen LogP contribution in [0.3, 0.4) is 0 Å². The maximum Gasteiger partial charge on any atom is 0.138 e. The van der Waals surface area contributed by atoms with E-state index in [-0.39, 0.29) is 6.04 Å². The summed E-state index contributed by atoms with van der Waals surface area (Å²) in [4.78, 5) is 4.39. The lowest BCUT2D eigenvalue weighted by Crippen LogP contribution is -2.21. The first-order chi connectivity index (χ1) is 9.60. The number of hydrogen-bond donors (Lipinski definition) is 1. The van der Waals surface area contributed by atoms with Crippen LogP contribution in [0.15, 0.2) is 30.6 Å². The largest absolute Gasteiger partial charge is 0.313 e. The van der Waals surface area contributed by atoms with Gasteiger partial charge in [-0.25, -0.2) is 9.67 Å². The molecule has 1 aromatic heterocycles. The van der Waals surface area contributed by atoms with Crippen molar-refractivity contribution in [3.05, 3.63) is 47.0 Å². The van der Waals surface area contributed by atoms with Crippen LogP contribution in [-0.2, 0) is 13.0 Å². The van der Waals surface area contributed by atoms with Crippen LogP contribution >= 0.6 is 11.6 Å². The van der Waals surface area contributed by atoms with Gasteiger partial charge in [0.15, 0.2) is 0 Å². The number of likely N-dealkylation sites (N-methyl/N-ethyl adjacent to an activating group) is 1. The van der Waals surface area contributed by atoms with Crippen LogP contribution in [0.25, 0.3) is 0 Å². The predicted molar refractivity (Wildman–Crippen MR) is 81.8 cm³/mol. The van der Waals surface area contributed by atoms with Crippen LogP contribution < -0.4 is 5.32 Å². The zero-order valence-corrected chi connectivity index (χ0v) is 12.9. The van der Waals surface area contributed by atoms with Crippen molar-refractivity contribution in [2.75, 3.05) is 7.05 Å². The van der Waals surface area contributed by atoms with E-state index in [9.17, 15) is 0 Å². The minimum Gasteiger partial charge on any atom is -0.313 e. The highest BCUT2D eigenvalue weighted by molar-refractivity contribution is 6.30. The number of hydrogen-bond acceptors (Lipinski definition) is 3. The van der Waals surface area contributed by atoms with Crippen molar-refractivity contribution in [3.63, 3.8) is 0 Å². The Hall–Kier alpha value is -1.39. The summed E-state index contributed by atoms with van der Waals surface area (Å²) in [5.74, 6) is 1.56. The Bertz CT molecular complexity index is 533. The lowest BCUT2D eigenvalue weighted by molar-refractivity contribution is 0.451. The van der Waals surface area contributed by atoms with Crippen molar-refractivity contribution in [2.45, 2.75) is 32.9 Å². The van der Waals surface area contributed by atoms with Crippen molar-refractivity contribution in [3.8, 4) is 0 Å². The second-order valence-electron chi connectivity index (χ2n) is 5.35. The van der Waals surface area contributed by atoms with E-state index in [1.807, 2.05) is 36.0 Å². The molecule has 0 fully saturated rings. The maximum atomic E-state index is 5.94. The lowest BCUT2D eigenvalue weighted by Gasteiger charge is -2.17. The van der Waals surface area contributed by atoms with Gasteiger partial charge in [-0.1, -0.05) is 37.6 Å². The molecule has 0 saturated carbocycles. The minimum absolute atomic E-state index is 0.211. The van der Waals surface area contributed by atoms with Gasteiger partial charge in [0.25, 0.3) is 0 Å². The van der Waals surface area contributed by atoms with E-state index in [2.05, 4.69) is 29.2 Å². The van der Waals surface area contributed by atoms with Gasteiger partial charge in [-0.2, -0.15) is 5.10 Å². The molecule has 0 aliphatic rings. The zero-order valence-electron chi connectivity index (χ0n) is 12.2. The first-order valence-corrected chi connectivity index (χ1v) is 7.27. The SMILES string of the molecule is CNC(Cc1ncnn1CC(C)C)c1ccc(Cl)cc1. The number of benzene rings is 1. The van der Waals surface area contributed by atoms with Gasteiger partial charge in [0.1, 0.15) is 12.2 Å². The molecule has 1 aromatic carbocycles.